The van der Waals surface area contributed by atoms with Crippen LogP contribution in [0.1, 0.15) is 25.1 Å². The van der Waals surface area contributed by atoms with Crippen LogP contribution in [0, 0.1) is 0 Å². The molecule has 2 aromatic carbocycles. The maximum Gasteiger partial charge on any atom is 0.172 e. The number of pyridine rings is 1. The molecule has 31 heavy (non-hydrogen) atoms. The van der Waals surface area contributed by atoms with Gasteiger partial charge in [0.05, 0.1) is 32.2 Å². The monoisotopic (exact) mass is 418 g/mol. The third kappa shape index (κ3) is 6.30. The van der Waals surface area contributed by atoms with Gasteiger partial charge in [0.25, 0.3) is 0 Å². The number of rotatable bonds is 9. The van der Waals surface area contributed by atoms with Crippen LogP contribution in [0.4, 0.5) is 5.69 Å². The Hall–Kier alpha value is -3.87. The van der Waals surface area contributed by atoms with Gasteiger partial charge in [-0.3, -0.25) is 10.4 Å². The molecule has 0 aliphatic heterocycles. The van der Waals surface area contributed by atoms with Crippen molar-refractivity contribution in [3.8, 4) is 17.2 Å². The molecule has 7 heteroatoms. The summed E-state index contributed by atoms with van der Waals surface area (Å²) >= 11 is 0. The van der Waals surface area contributed by atoms with Gasteiger partial charge >= 0.3 is 0 Å². The zero-order chi connectivity index (χ0) is 21.9. The molecule has 160 valence electrons. The number of aliphatic imine (C=N–C) groups is 1. The molecule has 1 heterocycles. The van der Waals surface area contributed by atoms with Crippen LogP contribution in [0.2, 0.25) is 0 Å². The molecule has 0 amide bonds. The first-order valence-electron chi connectivity index (χ1n) is 10.1. The molecule has 0 fully saturated rings. The lowest BCUT2D eigenvalue weighted by Crippen LogP contribution is -2.20. The number of nitrogens with zero attached hydrogens (tertiary/aromatic N) is 3. The standard InChI is InChI=1S/C24H26N4O3/c1-4-30-20-12-10-19(11-13-20)27-24(21-8-6-7-15-25-21)28-26-17-18-9-14-22(31-5-2)23(16-18)29-3/h6-17H,4-5H2,1-3H3,(H,27,28)/b26-17-. The average Bonchev–Trinajstić information content (AvgIpc) is 2.81. The van der Waals surface area contributed by atoms with Gasteiger partial charge in [-0.2, -0.15) is 5.10 Å². The van der Waals surface area contributed by atoms with Crippen LogP contribution in [0.25, 0.3) is 0 Å². The van der Waals surface area contributed by atoms with E-state index in [1.54, 1.807) is 19.5 Å². The quantitative estimate of drug-likeness (QED) is 0.312. The van der Waals surface area contributed by atoms with Crippen LogP contribution in [0.5, 0.6) is 17.2 Å². The van der Waals surface area contributed by atoms with Crippen molar-refractivity contribution in [1.29, 1.82) is 0 Å². The summed E-state index contributed by atoms with van der Waals surface area (Å²) in [5.41, 5.74) is 5.30. The second-order valence-corrected chi connectivity index (χ2v) is 6.32. The van der Waals surface area contributed by atoms with E-state index < -0.39 is 0 Å². The third-order valence-corrected chi connectivity index (χ3v) is 4.17. The number of hydrazone groups is 1. The second-order valence-electron chi connectivity index (χ2n) is 6.32. The van der Waals surface area contributed by atoms with Crippen LogP contribution in [0.3, 0.4) is 0 Å². The van der Waals surface area contributed by atoms with Crippen LogP contribution in [-0.2, 0) is 0 Å². The first kappa shape index (κ1) is 21.8. The van der Waals surface area contributed by atoms with E-state index in [2.05, 4.69) is 20.5 Å². The first-order valence-corrected chi connectivity index (χ1v) is 10.1. The summed E-state index contributed by atoms with van der Waals surface area (Å²) in [4.78, 5) is 9.04. The lowest BCUT2D eigenvalue weighted by atomic mass is 10.2. The molecular weight excluding hydrogens is 392 g/mol. The van der Waals surface area contributed by atoms with E-state index in [9.17, 15) is 0 Å². The summed E-state index contributed by atoms with van der Waals surface area (Å²) in [7, 11) is 1.61. The van der Waals surface area contributed by atoms with Crippen molar-refractivity contribution in [3.63, 3.8) is 0 Å². The van der Waals surface area contributed by atoms with E-state index in [1.165, 1.54) is 0 Å². The van der Waals surface area contributed by atoms with Crippen molar-refractivity contribution in [2.45, 2.75) is 13.8 Å². The topological polar surface area (TPSA) is 77.3 Å². The second kappa shape index (κ2) is 11.3. The zero-order valence-corrected chi connectivity index (χ0v) is 17.9. The summed E-state index contributed by atoms with van der Waals surface area (Å²) < 4.78 is 16.4. The van der Waals surface area contributed by atoms with Crippen molar-refractivity contribution in [3.05, 3.63) is 78.1 Å². The highest BCUT2D eigenvalue weighted by Gasteiger charge is 2.06. The average molecular weight is 418 g/mol. The predicted octanol–water partition coefficient (Wildman–Crippen LogP) is 4.59. The molecule has 7 nitrogen and oxygen atoms in total. The summed E-state index contributed by atoms with van der Waals surface area (Å²) in [5, 5.41) is 4.35. The maximum atomic E-state index is 5.55. The van der Waals surface area contributed by atoms with Gasteiger partial charge < -0.3 is 14.2 Å². The molecular formula is C24H26N4O3. The van der Waals surface area contributed by atoms with Crippen molar-refractivity contribution in [2.75, 3.05) is 20.3 Å². The number of methoxy groups -OCH3 is 1. The number of benzene rings is 2. The molecule has 0 saturated heterocycles. The summed E-state index contributed by atoms with van der Waals surface area (Å²) in [6.07, 6.45) is 3.40. The molecule has 0 saturated carbocycles. The number of hydrogen-bond donors (Lipinski definition) is 1. The normalized spacial score (nSPS) is 11.4. The highest BCUT2D eigenvalue weighted by molar-refractivity contribution is 5.99. The van der Waals surface area contributed by atoms with Gasteiger partial charge in [0.1, 0.15) is 11.4 Å². The molecule has 0 unspecified atom stereocenters. The number of ether oxygens (including phenoxy) is 3. The molecule has 0 aliphatic carbocycles. The Morgan fingerprint density at radius 3 is 2.45 bits per heavy atom. The number of aromatic nitrogens is 1. The van der Waals surface area contributed by atoms with Crippen molar-refractivity contribution < 1.29 is 14.2 Å². The Bertz CT molecular complexity index is 1020. The summed E-state index contributed by atoms with van der Waals surface area (Å²) in [5.74, 6) is 2.68. The summed E-state index contributed by atoms with van der Waals surface area (Å²) in [6, 6.07) is 18.8. The van der Waals surface area contributed by atoms with E-state index in [4.69, 9.17) is 14.2 Å². The molecule has 0 bridgehead atoms. The van der Waals surface area contributed by atoms with Crippen LogP contribution in [-0.4, -0.2) is 37.4 Å². The number of nitrogens with one attached hydrogen (secondary N) is 1. The van der Waals surface area contributed by atoms with Gasteiger partial charge in [0.2, 0.25) is 0 Å². The van der Waals surface area contributed by atoms with Gasteiger partial charge in [-0.1, -0.05) is 6.07 Å². The minimum Gasteiger partial charge on any atom is -0.494 e. The smallest absolute Gasteiger partial charge is 0.172 e. The molecule has 0 atom stereocenters. The van der Waals surface area contributed by atoms with Gasteiger partial charge in [-0.15, -0.1) is 0 Å². The number of hydrogen-bond acceptors (Lipinski definition) is 6. The molecule has 0 aliphatic rings. The van der Waals surface area contributed by atoms with E-state index in [0.29, 0.717) is 36.2 Å². The van der Waals surface area contributed by atoms with Crippen LogP contribution >= 0.6 is 0 Å². The van der Waals surface area contributed by atoms with E-state index in [-0.39, 0.29) is 0 Å². The van der Waals surface area contributed by atoms with Crippen LogP contribution < -0.4 is 19.6 Å². The summed E-state index contributed by atoms with van der Waals surface area (Å²) in [6.45, 7) is 5.07. The molecule has 3 rings (SSSR count). The number of amidine groups is 1. The predicted molar refractivity (Wildman–Crippen MR) is 123 cm³/mol. The molecule has 0 spiro atoms. The van der Waals surface area contributed by atoms with Gasteiger partial charge in [0, 0.05) is 6.20 Å². The minimum absolute atomic E-state index is 0.527. The Morgan fingerprint density at radius 1 is 0.968 bits per heavy atom. The lowest BCUT2D eigenvalue weighted by molar-refractivity contribution is 0.311. The van der Waals surface area contributed by atoms with E-state index in [0.717, 1.165) is 17.0 Å². The highest BCUT2D eigenvalue weighted by atomic mass is 16.5. The largest absolute Gasteiger partial charge is 0.494 e. The van der Waals surface area contributed by atoms with Gasteiger partial charge in [0.15, 0.2) is 17.3 Å². The lowest BCUT2D eigenvalue weighted by Gasteiger charge is -2.09. The fourth-order valence-electron chi connectivity index (χ4n) is 2.76. The van der Waals surface area contributed by atoms with E-state index >= 15 is 0 Å². The maximum absolute atomic E-state index is 5.55. The fourth-order valence-corrected chi connectivity index (χ4v) is 2.76. The van der Waals surface area contributed by atoms with Gasteiger partial charge in [-0.05, 0) is 74.0 Å². The Balaban J connectivity index is 1.81. The SMILES string of the molecule is CCOc1ccc(N=C(N/N=C\c2ccc(OCC)c(OC)c2)c2ccccn2)cc1. The molecule has 1 N–H and O–H groups in total. The minimum atomic E-state index is 0.527. The van der Waals surface area contributed by atoms with E-state index in [1.807, 2.05) is 74.5 Å². The molecule has 3 aromatic rings. The van der Waals surface area contributed by atoms with Crippen molar-refractivity contribution >= 4 is 17.7 Å². The third-order valence-electron chi connectivity index (χ3n) is 4.17. The fraction of sp³-hybridized carbons (Fsp3) is 0.208. The Kier molecular flexibility index (Phi) is 7.99. The van der Waals surface area contributed by atoms with Crippen molar-refractivity contribution in [1.82, 2.24) is 10.4 Å². The molecule has 0 radical (unpaired) electrons. The van der Waals surface area contributed by atoms with Gasteiger partial charge in [-0.25, -0.2) is 4.99 Å². The Morgan fingerprint density at radius 2 is 1.77 bits per heavy atom. The highest BCUT2D eigenvalue weighted by Crippen LogP contribution is 2.27. The Labute approximate surface area is 182 Å². The molecule has 1 aromatic heterocycles. The zero-order valence-electron chi connectivity index (χ0n) is 17.9. The first-order chi connectivity index (χ1) is 15.2. The van der Waals surface area contributed by atoms with Crippen LogP contribution in [0.15, 0.2) is 77.0 Å². The van der Waals surface area contributed by atoms with Crippen molar-refractivity contribution in [2.24, 2.45) is 10.1 Å².